The SMILES string of the molecule is CC(C(N)=O)n1ncc(N(C)c2ccccc2)cc1=O. The fourth-order valence-corrected chi connectivity index (χ4v) is 1.80. The highest BCUT2D eigenvalue weighted by Crippen LogP contribution is 2.20. The largest absolute Gasteiger partial charge is 0.368 e. The Labute approximate surface area is 116 Å². The minimum Gasteiger partial charge on any atom is -0.368 e. The van der Waals surface area contributed by atoms with Gasteiger partial charge in [-0.3, -0.25) is 9.59 Å². The average molecular weight is 272 g/mol. The van der Waals surface area contributed by atoms with Crippen LogP contribution in [0.3, 0.4) is 0 Å². The van der Waals surface area contributed by atoms with E-state index in [0.29, 0.717) is 5.69 Å². The van der Waals surface area contributed by atoms with Crippen LogP contribution in [0, 0.1) is 0 Å². The lowest BCUT2D eigenvalue weighted by Crippen LogP contribution is -2.33. The number of carbonyl (C=O) groups excluding carboxylic acids is 1. The number of nitrogens with zero attached hydrogens (tertiary/aromatic N) is 3. The Hall–Kier alpha value is -2.63. The molecule has 6 nitrogen and oxygen atoms in total. The number of benzene rings is 1. The number of aromatic nitrogens is 2. The van der Waals surface area contributed by atoms with Crippen LogP contribution in [-0.4, -0.2) is 22.7 Å². The zero-order valence-corrected chi connectivity index (χ0v) is 11.4. The summed E-state index contributed by atoms with van der Waals surface area (Å²) in [6, 6.07) is 10.3. The first-order valence-corrected chi connectivity index (χ1v) is 6.17. The molecular weight excluding hydrogens is 256 g/mol. The van der Waals surface area contributed by atoms with Crippen molar-refractivity contribution in [3.05, 3.63) is 52.9 Å². The van der Waals surface area contributed by atoms with E-state index in [4.69, 9.17) is 5.73 Å². The summed E-state index contributed by atoms with van der Waals surface area (Å²) >= 11 is 0. The van der Waals surface area contributed by atoms with Gasteiger partial charge < -0.3 is 10.6 Å². The van der Waals surface area contributed by atoms with Gasteiger partial charge in [0.1, 0.15) is 6.04 Å². The van der Waals surface area contributed by atoms with Crippen molar-refractivity contribution in [1.82, 2.24) is 9.78 Å². The molecule has 0 aliphatic heterocycles. The lowest BCUT2D eigenvalue weighted by Gasteiger charge is -2.19. The number of para-hydroxylation sites is 1. The molecule has 1 aromatic carbocycles. The van der Waals surface area contributed by atoms with Crippen molar-refractivity contribution < 1.29 is 4.79 Å². The Morgan fingerprint density at radius 1 is 1.30 bits per heavy atom. The standard InChI is InChI=1S/C14H16N4O2/c1-10(14(15)20)18-13(19)8-12(9-16-18)17(2)11-6-4-3-5-7-11/h3-10H,1-2H3,(H2,15,20). The molecule has 20 heavy (non-hydrogen) atoms. The molecule has 0 bridgehead atoms. The molecule has 1 amide bonds. The smallest absolute Gasteiger partial charge is 0.269 e. The number of hydrogen-bond donors (Lipinski definition) is 1. The monoisotopic (exact) mass is 272 g/mol. The van der Waals surface area contributed by atoms with Crippen molar-refractivity contribution in [1.29, 1.82) is 0 Å². The second kappa shape index (κ2) is 5.56. The van der Waals surface area contributed by atoms with Crippen LogP contribution in [0.15, 0.2) is 47.4 Å². The maximum absolute atomic E-state index is 12.0. The maximum atomic E-state index is 12.0. The zero-order valence-electron chi connectivity index (χ0n) is 11.4. The second-order valence-electron chi connectivity index (χ2n) is 4.47. The number of anilines is 2. The van der Waals surface area contributed by atoms with Gasteiger partial charge in [-0.25, -0.2) is 4.68 Å². The number of carbonyl (C=O) groups is 1. The van der Waals surface area contributed by atoms with Crippen molar-refractivity contribution in [2.75, 3.05) is 11.9 Å². The Bertz CT molecular complexity index is 666. The van der Waals surface area contributed by atoms with Gasteiger partial charge in [-0.05, 0) is 19.1 Å². The second-order valence-corrected chi connectivity index (χ2v) is 4.47. The third-order valence-electron chi connectivity index (χ3n) is 3.12. The van der Waals surface area contributed by atoms with Crippen LogP contribution in [0.1, 0.15) is 13.0 Å². The van der Waals surface area contributed by atoms with E-state index in [1.54, 1.807) is 0 Å². The van der Waals surface area contributed by atoms with Gasteiger partial charge in [0.05, 0.1) is 11.9 Å². The summed E-state index contributed by atoms with van der Waals surface area (Å²) in [4.78, 5) is 24.9. The summed E-state index contributed by atoms with van der Waals surface area (Å²) in [5, 5.41) is 4.01. The predicted molar refractivity (Wildman–Crippen MR) is 76.9 cm³/mol. The van der Waals surface area contributed by atoms with E-state index in [1.165, 1.54) is 19.2 Å². The highest BCUT2D eigenvalue weighted by atomic mass is 16.2. The number of rotatable bonds is 4. The summed E-state index contributed by atoms with van der Waals surface area (Å²) in [5.41, 5.74) is 6.40. The maximum Gasteiger partial charge on any atom is 0.269 e. The molecule has 0 saturated carbocycles. The van der Waals surface area contributed by atoms with Crippen LogP contribution in [0.2, 0.25) is 0 Å². The quantitative estimate of drug-likeness (QED) is 0.902. The minimum absolute atomic E-state index is 0.364. The molecule has 2 rings (SSSR count). The lowest BCUT2D eigenvalue weighted by molar-refractivity contribution is -0.121. The fraction of sp³-hybridized carbons (Fsp3) is 0.214. The van der Waals surface area contributed by atoms with E-state index in [-0.39, 0.29) is 5.56 Å². The summed E-state index contributed by atoms with van der Waals surface area (Å²) in [6.07, 6.45) is 1.54. The molecule has 1 atom stereocenters. The van der Waals surface area contributed by atoms with Gasteiger partial charge >= 0.3 is 0 Å². The van der Waals surface area contributed by atoms with Gasteiger partial charge in [-0.1, -0.05) is 18.2 Å². The van der Waals surface area contributed by atoms with Crippen molar-refractivity contribution in [3.63, 3.8) is 0 Å². The number of nitrogens with two attached hydrogens (primary N) is 1. The molecular formula is C14H16N4O2. The first-order valence-electron chi connectivity index (χ1n) is 6.17. The summed E-state index contributed by atoms with van der Waals surface area (Å²) < 4.78 is 1.07. The predicted octanol–water partition coefficient (Wildman–Crippen LogP) is 1.06. The minimum atomic E-state index is -0.765. The van der Waals surface area contributed by atoms with Crippen LogP contribution in [0.4, 0.5) is 11.4 Å². The first-order chi connectivity index (χ1) is 9.50. The summed E-state index contributed by atoms with van der Waals surface area (Å²) in [5.74, 6) is -0.594. The first kappa shape index (κ1) is 13.8. The summed E-state index contributed by atoms with van der Waals surface area (Å²) in [7, 11) is 1.84. The van der Waals surface area contributed by atoms with E-state index in [0.717, 1.165) is 10.4 Å². The van der Waals surface area contributed by atoms with E-state index >= 15 is 0 Å². The van der Waals surface area contributed by atoms with Crippen LogP contribution in [-0.2, 0) is 4.79 Å². The fourth-order valence-electron chi connectivity index (χ4n) is 1.80. The molecule has 0 saturated heterocycles. The van der Waals surface area contributed by atoms with E-state index in [2.05, 4.69) is 5.10 Å². The number of amides is 1. The average Bonchev–Trinajstić information content (AvgIpc) is 2.46. The molecule has 1 heterocycles. The van der Waals surface area contributed by atoms with Gasteiger partial charge in [-0.2, -0.15) is 5.10 Å². The molecule has 1 unspecified atom stereocenters. The van der Waals surface area contributed by atoms with Crippen LogP contribution in [0.5, 0.6) is 0 Å². The molecule has 2 aromatic rings. The van der Waals surface area contributed by atoms with Crippen molar-refractivity contribution >= 4 is 17.3 Å². The van der Waals surface area contributed by atoms with Crippen LogP contribution in [0.25, 0.3) is 0 Å². The molecule has 0 aliphatic carbocycles. The van der Waals surface area contributed by atoms with Gasteiger partial charge in [0.15, 0.2) is 0 Å². The highest BCUT2D eigenvalue weighted by Gasteiger charge is 2.14. The molecule has 0 radical (unpaired) electrons. The van der Waals surface area contributed by atoms with Crippen molar-refractivity contribution in [3.8, 4) is 0 Å². The Balaban J connectivity index is 2.35. The number of primary amides is 1. The Morgan fingerprint density at radius 2 is 1.95 bits per heavy atom. The van der Waals surface area contributed by atoms with E-state index in [1.807, 2.05) is 42.3 Å². The number of hydrogen-bond acceptors (Lipinski definition) is 4. The van der Waals surface area contributed by atoms with E-state index < -0.39 is 11.9 Å². The zero-order chi connectivity index (χ0) is 14.7. The van der Waals surface area contributed by atoms with Gasteiger partial charge in [0, 0.05) is 18.8 Å². The Kier molecular flexibility index (Phi) is 3.84. The molecule has 0 fully saturated rings. The third-order valence-corrected chi connectivity index (χ3v) is 3.12. The normalized spacial score (nSPS) is 11.9. The Morgan fingerprint density at radius 3 is 2.50 bits per heavy atom. The van der Waals surface area contributed by atoms with E-state index in [9.17, 15) is 9.59 Å². The molecule has 1 aromatic heterocycles. The summed E-state index contributed by atoms with van der Waals surface area (Å²) in [6.45, 7) is 1.54. The van der Waals surface area contributed by atoms with Crippen molar-refractivity contribution in [2.45, 2.75) is 13.0 Å². The topological polar surface area (TPSA) is 81.2 Å². The molecule has 6 heteroatoms. The van der Waals surface area contributed by atoms with Gasteiger partial charge in [-0.15, -0.1) is 0 Å². The lowest BCUT2D eigenvalue weighted by atomic mass is 10.3. The van der Waals surface area contributed by atoms with Gasteiger partial charge in [0.2, 0.25) is 5.91 Å². The molecule has 0 spiro atoms. The van der Waals surface area contributed by atoms with Crippen molar-refractivity contribution in [2.24, 2.45) is 5.73 Å². The highest BCUT2D eigenvalue weighted by molar-refractivity contribution is 5.77. The van der Waals surface area contributed by atoms with Gasteiger partial charge in [0.25, 0.3) is 5.56 Å². The molecule has 104 valence electrons. The van der Waals surface area contributed by atoms with Crippen LogP contribution < -0.4 is 16.2 Å². The molecule has 0 aliphatic rings. The third kappa shape index (κ3) is 2.69. The molecule has 2 N–H and O–H groups in total. The van der Waals surface area contributed by atoms with Crippen LogP contribution >= 0.6 is 0 Å².